The van der Waals surface area contributed by atoms with E-state index in [4.69, 9.17) is 9.47 Å². The minimum Gasteiger partial charge on any atom is -0.490 e. The lowest BCUT2D eigenvalue weighted by molar-refractivity contribution is 0.267. The van der Waals surface area contributed by atoms with Gasteiger partial charge in [0.15, 0.2) is 11.5 Å². The zero-order valence-electron chi connectivity index (χ0n) is 18.4. The first-order chi connectivity index (χ1) is 16.4. The van der Waals surface area contributed by atoms with Gasteiger partial charge in [0, 0.05) is 8.95 Å². The summed E-state index contributed by atoms with van der Waals surface area (Å²) in [6.07, 6.45) is 1.63. The molecule has 0 saturated heterocycles. The summed E-state index contributed by atoms with van der Waals surface area (Å²) in [4.78, 5) is 17.5. The Morgan fingerprint density at radius 2 is 1.79 bits per heavy atom. The van der Waals surface area contributed by atoms with Crippen molar-refractivity contribution >= 4 is 71.6 Å². The van der Waals surface area contributed by atoms with Gasteiger partial charge in [0.25, 0.3) is 5.56 Å². The van der Waals surface area contributed by atoms with Crippen molar-refractivity contribution in [1.82, 2.24) is 9.66 Å². The van der Waals surface area contributed by atoms with Gasteiger partial charge >= 0.3 is 0 Å². The maximum absolute atomic E-state index is 13.0. The minimum absolute atomic E-state index is 0.228. The fourth-order valence-corrected chi connectivity index (χ4v) is 4.73. The van der Waals surface area contributed by atoms with Crippen LogP contribution in [0.3, 0.4) is 0 Å². The number of fused-ring (bicyclic) bond motifs is 1. The van der Waals surface area contributed by atoms with E-state index in [1.165, 1.54) is 4.68 Å². The third kappa shape index (κ3) is 5.69. The van der Waals surface area contributed by atoms with Gasteiger partial charge in [0.05, 0.1) is 27.3 Å². The Balaban J connectivity index is 1.65. The number of aromatic nitrogens is 2. The third-order valence-corrected chi connectivity index (χ3v) is 6.74. The molecule has 34 heavy (non-hydrogen) atoms. The zero-order valence-corrected chi connectivity index (χ0v) is 23.7. The molecule has 6 nitrogen and oxygen atoms in total. The van der Waals surface area contributed by atoms with Crippen LogP contribution in [0.5, 0.6) is 11.5 Å². The lowest BCUT2D eigenvalue weighted by Crippen LogP contribution is -2.20. The van der Waals surface area contributed by atoms with E-state index >= 15 is 0 Å². The van der Waals surface area contributed by atoms with Crippen molar-refractivity contribution in [2.45, 2.75) is 20.5 Å². The first kappa shape index (κ1) is 24.9. The molecule has 0 aliphatic carbocycles. The van der Waals surface area contributed by atoms with Crippen molar-refractivity contribution in [3.8, 4) is 11.5 Å². The van der Waals surface area contributed by atoms with E-state index in [0.29, 0.717) is 41.4 Å². The van der Waals surface area contributed by atoms with Crippen LogP contribution in [0, 0.1) is 10.5 Å². The number of hydrogen-bond donors (Lipinski definition) is 0. The van der Waals surface area contributed by atoms with Crippen LogP contribution in [0.4, 0.5) is 0 Å². The maximum atomic E-state index is 13.0. The van der Waals surface area contributed by atoms with Crippen molar-refractivity contribution in [1.29, 1.82) is 0 Å². The van der Waals surface area contributed by atoms with Gasteiger partial charge in [-0.2, -0.15) is 9.78 Å². The summed E-state index contributed by atoms with van der Waals surface area (Å²) in [5, 5.41) is 4.92. The molecular weight excluding hydrogens is 677 g/mol. The average molecular weight is 697 g/mol. The summed E-state index contributed by atoms with van der Waals surface area (Å²) in [6.45, 7) is 4.60. The van der Waals surface area contributed by atoms with Crippen molar-refractivity contribution in [2.75, 3.05) is 6.61 Å². The standard InChI is InChI=1S/C25H20Br2IN3O3/c1-3-33-23-11-17(10-21(28)24(23)34-14-16-4-6-18(26)7-5-16)13-29-31-15(2)30-22-9-8-19(27)12-20(22)25(31)32/h4-13H,3,14H2,1-2H3. The first-order valence-corrected chi connectivity index (χ1v) is 13.1. The van der Waals surface area contributed by atoms with Gasteiger partial charge < -0.3 is 9.47 Å². The number of nitrogens with zero attached hydrogens (tertiary/aromatic N) is 3. The van der Waals surface area contributed by atoms with Crippen molar-refractivity contribution in [3.63, 3.8) is 0 Å². The molecular formula is C25H20Br2IN3O3. The number of benzene rings is 3. The van der Waals surface area contributed by atoms with E-state index in [9.17, 15) is 4.79 Å². The topological polar surface area (TPSA) is 65.7 Å². The number of ether oxygens (including phenoxy) is 2. The summed E-state index contributed by atoms with van der Waals surface area (Å²) in [5.41, 5.74) is 2.24. The molecule has 0 N–H and O–H groups in total. The van der Waals surface area contributed by atoms with E-state index in [1.54, 1.807) is 19.2 Å². The predicted octanol–water partition coefficient (Wildman–Crippen LogP) is 6.69. The predicted molar refractivity (Wildman–Crippen MR) is 150 cm³/mol. The quantitative estimate of drug-likeness (QED) is 0.160. The molecule has 3 aromatic carbocycles. The van der Waals surface area contributed by atoms with Crippen molar-refractivity contribution < 1.29 is 9.47 Å². The van der Waals surface area contributed by atoms with Crippen molar-refractivity contribution in [3.05, 3.63) is 94.4 Å². The van der Waals surface area contributed by atoms with E-state index < -0.39 is 0 Å². The highest BCUT2D eigenvalue weighted by atomic mass is 127. The van der Waals surface area contributed by atoms with Crippen molar-refractivity contribution in [2.24, 2.45) is 5.10 Å². The second-order valence-electron chi connectivity index (χ2n) is 7.36. The van der Waals surface area contributed by atoms with Crippen LogP contribution in [-0.4, -0.2) is 22.5 Å². The fraction of sp³-hybridized carbons (Fsp3) is 0.160. The molecule has 0 aliphatic rings. The highest BCUT2D eigenvalue weighted by Crippen LogP contribution is 2.34. The van der Waals surface area contributed by atoms with Crippen LogP contribution in [-0.2, 0) is 6.61 Å². The second kappa shape index (κ2) is 11.0. The molecule has 0 unspecified atom stereocenters. The smallest absolute Gasteiger partial charge is 0.282 e. The molecule has 0 spiro atoms. The summed E-state index contributed by atoms with van der Waals surface area (Å²) in [7, 11) is 0. The van der Waals surface area contributed by atoms with Gasteiger partial charge in [0.1, 0.15) is 12.4 Å². The molecule has 4 rings (SSSR count). The lowest BCUT2D eigenvalue weighted by Gasteiger charge is -2.15. The molecule has 0 amide bonds. The minimum atomic E-state index is -0.228. The zero-order chi connectivity index (χ0) is 24.2. The van der Waals surface area contributed by atoms with Gasteiger partial charge in [-0.25, -0.2) is 4.98 Å². The van der Waals surface area contributed by atoms with Crippen LogP contribution in [0.15, 0.2) is 73.4 Å². The summed E-state index contributed by atoms with van der Waals surface area (Å²) < 4.78 is 16.0. The third-order valence-electron chi connectivity index (χ3n) is 4.92. The largest absolute Gasteiger partial charge is 0.490 e. The van der Waals surface area contributed by atoms with Gasteiger partial charge in [-0.1, -0.05) is 44.0 Å². The first-order valence-electron chi connectivity index (χ1n) is 10.4. The molecule has 0 saturated carbocycles. The Morgan fingerprint density at radius 3 is 2.53 bits per heavy atom. The summed E-state index contributed by atoms with van der Waals surface area (Å²) in [5.74, 6) is 1.80. The van der Waals surface area contributed by atoms with E-state index in [1.807, 2.05) is 55.5 Å². The van der Waals surface area contributed by atoms with Gasteiger partial charge in [0.2, 0.25) is 0 Å². The van der Waals surface area contributed by atoms with E-state index in [-0.39, 0.29) is 5.56 Å². The molecule has 4 aromatic rings. The molecule has 0 bridgehead atoms. The Hall–Kier alpha value is -2.24. The number of halogens is 3. The molecule has 1 heterocycles. The molecule has 0 aliphatic heterocycles. The number of hydrogen-bond acceptors (Lipinski definition) is 5. The Bertz CT molecular complexity index is 1440. The van der Waals surface area contributed by atoms with E-state index in [2.05, 4.69) is 64.5 Å². The SMILES string of the molecule is CCOc1cc(C=Nn2c(C)nc3ccc(Br)cc3c2=O)cc(I)c1OCc1ccc(Br)cc1. The van der Waals surface area contributed by atoms with Crippen LogP contribution in [0.2, 0.25) is 0 Å². The van der Waals surface area contributed by atoms with Gasteiger partial charge in [-0.05, 0) is 90.0 Å². The fourth-order valence-electron chi connectivity index (χ4n) is 3.32. The van der Waals surface area contributed by atoms with Gasteiger partial charge in [-0.3, -0.25) is 4.79 Å². The van der Waals surface area contributed by atoms with E-state index in [0.717, 1.165) is 23.6 Å². The maximum Gasteiger partial charge on any atom is 0.282 e. The lowest BCUT2D eigenvalue weighted by atomic mass is 10.2. The number of aryl methyl sites for hydroxylation is 1. The molecule has 0 radical (unpaired) electrons. The molecule has 0 fully saturated rings. The molecule has 174 valence electrons. The molecule has 0 atom stereocenters. The van der Waals surface area contributed by atoms with Crippen LogP contribution in [0.25, 0.3) is 10.9 Å². The highest BCUT2D eigenvalue weighted by Gasteiger charge is 2.13. The Kier molecular flexibility index (Phi) is 8.05. The van der Waals surface area contributed by atoms with Crippen LogP contribution in [0.1, 0.15) is 23.9 Å². The normalized spacial score (nSPS) is 11.3. The Labute approximate surface area is 227 Å². The number of rotatable bonds is 7. The average Bonchev–Trinajstić information content (AvgIpc) is 2.80. The Morgan fingerprint density at radius 1 is 1.06 bits per heavy atom. The van der Waals surface area contributed by atoms with Crippen LogP contribution < -0.4 is 15.0 Å². The highest BCUT2D eigenvalue weighted by molar-refractivity contribution is 14.1. The molecule has 9 heteroatoms. The summed E-state index contributed by atoms with van der Waals surface area (Å²) >= 11 is 9.08. The van der Waals surface area contributed by atoms with Gasteiger partial charge in [-0.15, -0.1) is 0 Å². The second-order valence-corrected chi connectivity index (χ2v) is 10.4. The molecule has 1 aromatic heterocycles. The monoisotopic (exact) mass is 695 g/mol. The summed E-state index contributed by atoms with van der Waals surface area (Å²) in [6, 6.07) is 17.2. The van der Waals surface area contributed by atoms with Crippen LogP contribution >= 0.6 is 54.5 Å².